The van der Waals surface area contributed by atoms with Gasteiger partial charge in [-0.05, 0) is 0 Å². The van der Waals surface area contributed by atoms with Gasteiger partial charge in [-0.25, -0.2) is 8.37 Å². The second-order valence-electron chi connectivity index (χ2n) is 2.63. The molecule has 0 amide bonds. The summed E-state index contributed by atoms with van der Waals surface area (Å²) in [5.74, 6) is 0. The van der Waals surface area contributed by atoms with Crippen molar-refractivity contribution in [3.63, 3.8) is 0 Å². The van der Waals surface area contributed by atoms with Crippen molar-refractivity contribution in [2.45, 2.75) is 12.2 Å². The molecule has 1 aliphatic rings. The van der Waals surface area contributed by atoms with Gasteiger partial charge in [-0.2, -0.15) is 12.6 Å². The molecular weight excluding hydrogens is 252 g/mol. The highest BCUT2D eigenvalue weighted by atomic mass is 32.3. The molecule has 3 atom stereocenters. The van der Waals surface area contributed by atoms with Gasteiger partial charge in [0, 0.05) is 7.11 Å². The molecule has 1 N–H and O–H groups in total. The van der Waals surface area contributed by atoms with Crippen LogP contribution >= 0.6 is 0 Å². The molecule has 90 valence electrons. The van der Waals surface area contributed by atoms with Crippen LogP contribution in [-0.2, 0) is 39.0 Å². The molecule has 0 aliphatic carbocycles. The number of ether oxygens (including phenoxy) is 1. The molecule has 1 saturated heterocycles. The smallest absolute Gasteiger partial charge is 0.382 e. The molecule has 0 aromatic heterocycles. The zero-order valence-electron chi connectivity index (χ0n) is 7.69. The Labute approximate surface area is 89.3 Å². The van der Waals surface area contributed by atoms with Crippen molar-refractivity contribution in [3.8, 4) is 0 Å². The van der Waals surface area contributed by atoms with Crippen molar-refractivity contribution in [2.75, 3.05) is 20.3 Å². The van der Waals surface area contributed by atoms with E-state index in [2.05, 4.69) is 17.3 Å². The van der Waals surface area contributed by atoms with E-state index in [1.54, 1.807) is 0 Å². The van der Waals surface area contributed by atoms with E-state index in [1.165, 1.54) is 7.11 Å². The first-order valence-electron chi connectivity index (χ1n) is 3.79. The maximum atomic E-state index is 10.8. The second kappa shape index (κ2) is 5.30. The molecule has 15 heavy (non-hydrogen) atoms. The molecule has 1 heterocycles. The first kappa shape index (κ1) is 13.0. The van der Waals surface area contributed by atoms with Gasteiger partial charge in [0.25, 0.3) is 0 Å². The molecule has 0 radical (unpaired) electrons. The highest BCUT2D eigenvalue weighted by Crippen LogP contribution is 2.18. The third-order valence-corrected chi connectivity index (χ3v) is 2.89. The summed E-state index contributed by atoms with van der Waals surface area (Å²) in [5.41, 5.74) is 0. The van der Waals surface area contributed by atoms with Gasteiger partial charge in [0.05, 0.1) is 13.2 Å². The van der Waals surface area contributed by atoms with E-state index in [-0.39, 0.29) is 13.2 Å². The van der Waals surface area contributed by atoms with Gasteiger partial charge in [0.1, 0.15) is 12.2 Å². The lowest BCUT2D eigenvalue weighted by Crippen LogP contribution is -2.35. The molecule has 0 aromatic carbocycles. The Balaban J connectivity index is 2.61. The van der Waals surface area contributed by atoms with Crippen molar-refractivity contribution in [1.82, 2.24) is 0 Å². The predicted octanol–water partition coefficient (Wildman–Crippen LogP) is -1.19. The van der Waals surface area contributed by atoms with Gasteiger partial charge in [-0.1, -0.05) is 0 Å². The predicted molar refractivity (Wildman–Crippen MR) is 47.3 cm³/mol. The molecule has 1 rings (SSSR count). The first-order chi connectivity index (χ1) is 6.94. The summed E-state index contributed by atoms with van der Waals surface area (Å²) in [6.45, 7) is -0.358. The van der Waals surface area contributed by atoms with Crippen LogP contribution in [0.25, 0.3) is 0 Å². The Morgan fingerprint density at radius 2 is 2.33 bits per heavy atom. The van der Waals surface area contributed by atoms with E-state index in [1.807, 2.05) is 0 Å². The summed E-state index contributed by atoms with van der Waals surface area (Å²) in [7, 11) is -2.68. The SMILES string of the molecule is COCC(OS(=O)O)C1COS(=O)(=O)O1. The van der Waals surface area contributed by atoms with Crippen LogP contribution in [0.3, 0.4) is 0 Å². The molecule has 0 saturated carbocycles. The van der Waals surface area contributed by atoms with Gasteiger partial charge < -0.3 is 4.74 Å². The quantitative estimate of drug-likeness (QED) is 0.616. The molecule has 0 bridgehead atoms. The van der Waals surface area contributed by atoms with Crippen molar-refractivity contribution in [3.05, 3.63) is 0 Å². The van der Waals surface area contributed by atoms with Crippen LogP contribution in [0.2, 0.25) is 0 Å². The number of hydrogen-bond donors (Lipinski definition) is 1. The normalized spacial score (nSPS) is 28.8. The molecule has 3 unspecified atom stereocenters. The number of rotatable bonds is 5. The average Bonchev–Trinajstić information content (AvgIpc) is 2.44. The second-order valence-corrected chi connectivity index (χ2v) is 4.51. The van der Waals surface area contributed by atoms with Crippen LogP contribution in [0.5, 0.6) is 0 Å². The Bertz CT molecular complexity index is 324. The van der Waals surface area contributed by atoms with E-state index >= 15 is 0 Å². The third kappa shape index (κ3) is 4.10. The van der Waals surface area contributed by atoms with Gasteiger partial charge in [-0.15, -0.1) is 0 Å². The Morgan fingerprint density at radius 1 is 1.67 bits per heavy atom. The van der Waals surface area contributed by atoms with Crippen LogP contribution in [0.15, 0.2) is 0 Å². The van der Waals surface area contributed by atoms with Crippen LogP contribution in [0.4, 0.5) is 0 Å². The molecule has 0 spiro atoms. The summed E-state index contributed by atoms with van der Waals surface area (Å²) in [5, 5.41) is 0. The zero-order chi connectivity index (χ0) is 11.5. The maximum absolute atomic E-state index is 10.8. The highest BCUT2D eigenvalue weighted by Gasteiger charge is 2.37. The monoisotopic (exact) mass is 262 g/mol. The lowest BCUT2D eigenvalue weighted by atomic mass is 10.2. The van der Waals surface area contributed by atoms with E-state index < -0.39 is 34.0 Å². The van der Waals surface area contributed by atoms with Crippen LogP contribution in [0, 0.1) is 0 Å². The van der Waals surface area contributed by atoms with Gasteiger partial charge in [0.2, 0.25) is 0 Å². The average molecular weight is 262 g/mol. The molecule has 1 fully saturated rings. The minimum absolute atomic E-state index is 0.0875. The van der Waals surface area contributed by atoms with Crippen molar-refractivity contribution in [1.29, 1.82) is 0 Å². The number of methoxy groups -OCH3 is 1. The van der Waals surface area contributed by atoms with Crippen LogP contribution < -0.4 is 0 Å². The molecule has 0 aromatic rings. The Morgan fingerprint density at radius 3 is 2.73 bits per heavy atom. The fourth-order valence-corrected chi connectivity index (χ4v) is 2.22. The van der Waals surface area contributed by atoms with Crippen molar-refractivity contribution in [2.24, 2.45) is 0 Å². The minimum atomic E-state index is -4.01. The first-order valence-corrected chi connectivity index (χ1v) is 6.15. The standard InChI is InChI=1S/C5H10O8S2/c1-10-2-4(12-14(6)7)5-3-11-15(8,9)13-5/h4-5H,2-3H2,1H3,(H,6,7). The summed E-state index contributed by atoms with van der Waals surface area (Å²) >= 11 is -2.53. The lowest BCUT2D eigenvalue weighted by Gasteiger charge is -2.17. The Kier molecular flexibility index (Phi) is 4.58. The van der Waals surface area contributed by atoms with Crippen LogP contribution in [0.1, 0.15) is 0 Å². The maximum Gasteiger partial charge on any atom is 0.400 e. The van der Waals surface area contributed by atoms with E-state index in [4.69, 9.17) is 4.55 Å². The van der Waals surface area contributed by atoms with Gasteiger partial charge >= 0.3 is 21.8 Å². The van der Waals surface area contributed by atoms with E-state index in [0.29, 0.717) is 0 Å². The fourth-order valence-electron chi connectivity index (χ4n) is 0.994. The topological polar surface area (TPSA) is 108 Å². The molecule has 10 heteroatoms. The fraction of sp³-hybridized carbons (Fsp3) is 1.00. The lowest BCUT2D eigenvalue weighted by molar-refractivity contribution is 0.0130. The minimum Gasteiger partial charge on any atom is -0.382 e. The summed E-state index contributed by atoms with van der Waals surface area (Å²) < 4.78 is 58.3. The van der Waals surface area contributed by atoms with Crippen molar-refractivity contribution < 1.29 is 34.5 Å². The van der Waals surface area contributed by atoms with E-state index in [0.717, 1.165) is 0 Å². The third-order valence-electron chi connectivity index (χ3n) is 1.57. The Hall–Kier alpha value is -0.100. The van der Waals surface area contributed by atoms with Crippen molar-refractivity contribution >= 4 is 21.8 Å². The largest absolute Gasteiger partial charge is 0.400 e. The molecule has 1 aliphatic heterocycles. The van der Waals surface area contributed by atoms with Gasteiger partial charge in [-0.3, -0.25) is 8.74 Å². The summed E-state index contributed by atoms with van der Waals surface area (Å²) in [6, 6.07) is 0. The summed E-state index contributed by atoms with van der Waals surface area (Å²) in [6.07, 6.45) is -1.97. The van der Waals surface area contributed by atoms with Crippen LogP contribution in [-0.4, -0.2) is 49.7 Å². The van der Waals surface area contributed by atoms with E-state index in [9.17, 15) is 12.6 Å². The molecular formula is C5H10O8S2. The highest BCUT2D eigenvalue weighted by molar-refractivity contribution is 7.82. The summed E-state index contributed by atoms with van der Waals surface area (Å²) in [4.78, 5) is 0. The number of hydrogen-bond acceptors (Lipinski definition) is 7. The molecule has 8 nitrogen and oxygen atoms in total. The van der Waals surface area contributed by atoms with Gasteiger partial charge in [0.15, 0.2) is 0 Å². The zero-order valence-corrected chi connectivity index (χ0v) is 9.32.